The van der Waals surface area contributed by atoms with Gasteiger partial charge in [0.15, 0.2) is 0 Å². The number of ether oxygens (including phenoxy) is 1. The normalized spacial score (nSPS) is 10.4. The second-order valence-electron chi connectivity index (χ2n) is 5.48. The summed E-state index contributed by atoms with van der Waals surface area (Å²) in [5, 5.41) is 13.4. The average molecular weight is 321 g/mol. The smallest absolute Gasteiger partial charge is 0.141 e. The van der Waals surface area contributed by atoms with E-state index in [-0.39, 0.29) is 5.56 Å². The summed E-state index contributed by atoms with van der Waals surface area (Å²) in [6, 6.07) is 16.1. The van der Waals surface area contributed by atoms with Gasteiger partial charge in [0.25, 0.3) is 0 Å². The second kappa shape index (κ2) is 6.55. The Bertz CT molecular complexity index is 907. The maximum absolute atomic E-state index is 13.9. The van der Waals surface area contributed by atoms with Crippen LogP contribution >= 0.6 is 0 Å². The van der Waals surface area contributed by atoms with Crippen molar-refractivity contribution in [3.8, 4) is 23.1 Å². The first-order chi connectivity index (χ1) is 11.6. The number of halogens is 1. The maximum Gasteiger partial charge on any atom is 0.141 e. The number of methoxy groups -OCH3 is 1. The molecule has 0 atom stereocenters. The summed E-state index contributed by atoms with van der Waals surface area (Å²) in [7, 11) is 1.63. The molecule has 0 aliphatic carbocycles. The number of benzene rings is 2. The van der Waals surface area contributed by atoms with Crippen LogP contribution in [-0.2, 0) is 6.54 Å². The molecule has 3 aromatic rings. The topological polar surface area (TPSA) is 50.8 Å². The van der Waals surface area contributed by atoms with Crippen molar-refractivity contribution < 1.29 is 9.13 Å². The molecule has 2 aromatic carbocycles. The van der Waals surface area contributed by atoms with Gasteiger partial charge in [0.05, 0.1) is 30.6 Å². The fourth-order valence-corrected chi connectivity index (χ4v) is 2.57. The fraction of sp³-hybridized carbons (Fsp3) is 0.158. The molecule has 24 heavy (non-hydrogen) atoms. The van der Waals surface area contributed by atoms with Crippen LogP contribution in [0.4, 0.5) is 4.39 Å². The molecule has 0 aliphatic heterocycles. The molecule has 120 valence electrons. The molecular weight excluding hydrogens is 305 g/mol. The van der Waals surface area contributed by atoms with Gasteiger partial charge in [-0.25, -0.2) is 4.39 Å². The van der Waals surface area contributed by atoms with E-state index in [9.17, 15) is 4.39 Å². The minimum Gasteiger partial charge on any atom is -0.497 e. The first kappa shape index (κ1) is 15.8. The van der Waals surface area contributed by atoms with Gasteiger partial charge in [-0.15, -0.1) is 0 Å². The molecule has 0 spiro atoms. The van der Waals surface area contributed by atoms with E-state index in [0.29, 0.717) is 12.1 Å². The zero-order valence-corrected chi connectivity index (χ0v) is 13.5. The highest BCUT2D eigenvalue weighted by atomic mass is 19.1. The number of hydrogen-bond donors (Lipinski definition) is 0. The van der Waals surface area contributed by atoms with Crippen LogP contribution in [0.3, 0.4) is 0 Å². The van der Waals surface area contributed by atoms with E-state index >= 15 is 0 Å². The molecule has 0 saturated heterocycles. The Morgan fingerprint density at radius 3 is 2.54 bits per heavy atom. The van der Waals surface area contributed by atoms with E-state index < -0.39 is 5.82 Å². The van der Waals surface area contributed by atoms with Crippen molar-refractivity contribution in [2.75, 3.05) is 7.11 Å². The van der Waals surface area contributed by atoms with Crippen LogP contribution in [0.2, 0.25) is 0 Å². The van der Waals surface area contributed by atoms with Crippen molar-refractivity contribution in [2.45, 2.75) is 13.5 Å². The van der Waals surface area contributed by atoms with Gasteiger partial charge < -0.3 is 4.74 Å². The third-order valence-electron chi connectivity index (χ3n) is 3.78. The molecular formula is C19H16FN3O. The largest absolute Gasteiger partial charge is 0.497 e. The summed E-state index contributed by atoms with van der Waals surface area (Å²) < 4.78 is 20.9. The van der Waals surface area contributed by atoms with E-state index in [1.165, 1.54) is 12.1 Å². The van der Waals surface area contributed by atoms with Crippen molar-refractivity contribution in [3.63, 3.8) is 0 Å². The molecule has 3 rings (SSSR count). The quantitative estimate of drug-likeness (QED) is 0.731. The molecule has 4 nitrogen and oxygen atoms in total. The summed E-state index contributed by atoms with van der Waals surface area (Å²) in [4.78, 5) is 0. The number of aromatic nitrogens is 2. The number of nitriles is 1. The molecule has 1 heterocycles. The Morgan fingerprint density at radius 1 is 1.17 bits per heavy atom. The van der Waals surface area contributed by atoms with Crippen LogP contribution in [0.5, 0.6) is 5.75 Å². The molecule has 0 unspecified atom stereocenters. The third kappa shape index (κ3) is 3.13. The Balaban J connectivity index is 1.95. The lowest BCUT2D eigenvalue weighted by atomic mass is 10.1. The third-order valence-corrected chi connectivity index (χ3v) is 3.78. The van der Waals surface area contributed by atoms with Crippen LogP contribution in [0.15, 0.2) is 48.5 Å². The van der Waals surface area contributed by atoms with Crippen molar-refractivity contribution >= 4 is 0 Å². The lowest BCUT2D eigenvalue weighted by molar-refractivity contribution is 0.414. The average Bonchev–Trinajstić information content (AvgIpc) is 2.96. The molecule has 0 N–H and O–H groups in total. The first-order valence-electron chi connectivity index (χ1n) is 7.48. The van der Waals surface area contributed by atoms with Crippen LogP contribution in [0.25, 0.3) is 11.3 Å². The molecule has 0 saturated carbocycles. The fourth-order valence-electron chi connectivity index (χ4n) is 2.57. The lowest BCUT2D eigenvalue weighted by Gasteiger charge is -2.09. The van der Waals surface area contributed by atoms with Crippen molar-refractivity contribution in [1.82, 2.24) is 9.78 Å². The molecule has 5 heteroatoms. The minimum absolute atomic E-state index is 0.0386. The first-order valence-corrected chi connectivity index (χ1v) is 7.48. The zero-order chi connectivity index (χ0) is 17.1. The molecule has 0 fully saturated rings. The van der Waals surface area contributed by atoms with Gasteiger partial charge >= 0.3 is 0 Å². The van der Waals surface area contributed by atoms with E-state index in [1.54, 1.807) is 13.2 Å². The summed E-state index contributed by atoms with van der Waals surface area (Å²) in [5.41, 5.74) is 3.46. The van der Waals surface area contributed by atoms with Gasteiger partial charge in [0.1, 0.15) is 17.6 Å². The maximum atomic E-state index is 13.9. The predicted molar refractivity (Wildman–Crippen MR) is 89.2 cm³/mol. The second-order valence-corrected chi connectivity index (χ2v) is 5.48. The number of rotatable bonds is 4. The van der Waals surface area contributed by atoms with Gasteiger partial charge in [0, 0.05) is 5.56 Å². The lowest BCUT2D eigenvalue weighted by Crippen LogP contribution is -2.04. The van der Waals surface area contributed by atoms with Crippen LogP contribution in [-0.4, -0.2) is 16.9 Å². The molecule has 0 bridgehead atoms. The highest BCUT2D eigenvalue weighted by Gasteiger charge is 2.11. The van der Waals surface area contributed by atoms with Gasteiger partial charge in [0.2, 0.25) is 0 Å². The number of aryl methyl sites for hydroxylation is 1. The van der Waals surface area contributed by atoms with Gasteiger partial charge in [-0.2, -0.15) is 10.4 Å². The monoisotopic (exact) mass is 321 g/mol. The van der Waals surface area contributed by atoms with Crippen LogP contribution in [0, 0.1) is 24.1 Å². The van der Waals surface area contributed by atoms with E-state index in [4.69, 9.17) is 10.00 Å². The predicted octanol–water partition coefficient (Wildman–Crippen LogP) is 3.93. The van der Waals surface area contributed by atoms with E-state index in [1.807, 2.05) is 48.0 Å². The number of hydrogen-bond acceptors (Lipinski definition) is 3. The van der Waals surface area contributed by atoms with Crippen LogP contribution in [0.1, 0.15) is 16.8 Å². The summed E-state index contributed by atoms with van der Waals surface area (Å²) in [6.07, 6.45) is 0. The highest BCUT2D eigenvalue weighted by Crippen LogP contribution is 2.24. The summed E-state index contributed by atoms with van der Waals surface area (Å²) >= 11 is 0. The van der Waals surface area contributed by atoms with Crippen LogP contribution < -0.4 is 4.74 Å². The Morgan fingerprint density at radius 2 is 1.92 bits per heavy atom. The molecule has 0 aliphatic rings. The Kier molecular flexibility index (Phi) is 4.30. The summed E-state index contributed by atoms with van der Waals surface area (Å²) in [6.45, 7) is 2.46. The van der Waals surface area contributed by atoms with Gasteiger partial charge in [-0.05, 0) is 42.8 Å². The van der Waals surface area contributed by atoms with Crippen molar-refractivity contribution in [3.05, 3.63) is 71.2 Å². The molecule has 0 amide bonds. The Labute approximate surface area is 139 Å². The minimum atomic E-state index is -0.523. The Hall–Kier alpha value is -3.13. The number of nitrogens with zero attached hydrogens (tertiary/aromatic N) is 3. The van der Waals surface area contributed by atoms with Crippen molar-refractivity contribution in [2.24, 2.45) is 0 Å². The highest BCUT2D eigenvalue weighted by molar-refractivity contribution is 5.61. The van der Waals surface area contributed by atoms with E-state index in [2.05, 4.69) is 5.10 Å². The molecule has 1 aromatic heterocycles. The zero-order valence-electron chi connectivity index (χ0n) is 13.5. The van der Waals surface area contributed by atoms with Gasteiger partial charge in [-0.3, -0.25) is 4.68 Å². The van der Waals surface area contributed by atoms with Gasteiger partial charge in [-0.1, -0.05) is 18.2 Å². The summed E-state index contributed by atoms with van der Waals surface area (Å²) in [5.74, 6) is 0.273. The standard InChI is InChI=1S/C19H16FN3O/c1-13-9-19(15-5-6-16(11-21)18(20)10-15)23(22-13)12-14-3-7-17(24-2)8-4-14/h3-10H,12H2,1-2H3. The SMILES string of the molecule is COc1ccc(Cn2nc(C)cc2-c2ccc(C#N)c(F)c2)cc1. The van der Waals surface area contributed by atoms with Crippen molar-refractivity contribution in [1.29, 1.82) is 5.26 Å². The van der Waals surface area contributed by atoms with E-state index in [0.717, 1.165) is 22.7 Å². The molecule has 0 radical (unpaired) electrons.